The highest BCUT2D eigenvalue weighted by Crippen LogP contribution is 2.34. The van der Waals surface area contributed by atoms with Gasteiger partial charge in [-0.2, -0.15) is 0 Å². The van der Waals surface area contributed by atoms with E-state index < -0.39 is 5.54 Å². The lowest BCUT2D eigenvalue weighted by molar-refractivity contribution is 0.331. The molecular weight excluding hydrogens is 178 g/mol. The number of rotatable bonds is 2. The van der Waals surface area contributed by atoms with Crippen molar-refractivity contribution in [3.8, 4) is 11.5 Å². The van der Waals surface area contributed by atoms with Crippen LogP contribution in [0.4, 0.5) is 0 Å². The second-order valence-corrected chi connectivity index (χ2v) is 4.14. The lowest BCUT2D eigenvalue weighted by atomic mass is 9.82. The van der Waals surface area contributed by atoms with Gasteiger partial charge in [0, 0.05) is 11.1 Å². The van der Waals surface area contributed by atoms with Gasteiger partial charge in [-0.3, -0.25) is 0 Å². The molecule has 3 heteroatoms. The van der Waals surface area contributed by atoms with E-state index in [9.17, 15) is 10.2 Å². The van der Waals surface area contributed by atoms with Crippen LogP contribution < -0.4 is 5.73 Å². The number of nitrogens with two attached hydrogens (primary N) is 1. The SMILES string of the molecule is CC(C)C(C)(N)c1cc(O)ccc1O. The number of aromatic hydroxyl groups is 2. The minimum Gasteiger partial charge on any atom is -0.508 e. The first-order valence-corrected chi connectivity index (χ1v) is 4.67. The lowest BCUT2D eigenvalue weighted by Crippen LogP contribution is -2.38. The van der Waals surface area contributed by atoms with Crippen LogP contribution in [0.25, 0.3) is 0 Å². The molecule has 1 atom stereocenters. The zero-order valence-electron chi connectivity index (χ0n) is 8.78. The molecule has 1 aromatic carbocycles. The largest absolute Gasteiger partial charge is 0.508 e. The van der Waals surface area contributed by atoms with Gasteiger partial charge in [-0.25, -0.2) is 0 Å². The highest BCUT2D eigenvalue weighted by Gasteiger charge is 2.28. The Morgan fingerprint density at radius 1 is 1.29 bits per heavy atom. The summed E-state index contributed by atoms with van der Waals surface area (Å²) < 4.78 is 0. The van der Waals surface area contributed by atoms with Crippen LogP contribution in [0.15, 0.2) is 18.2 Å². The molecule has 3 nitrogen and oxygen atoms in total. The second kappa shape index (κ2) is 3.50. The Balaban J connectivity index is 3.24. The maximum Gasteiger partial charge on any atom is 0.120 e. The molecule has 0 aromatic heterocycles. The van der Waals surface area contributed by atoms with Crippen molar-refractivity contribution in [2.75, 3.05) is 0 Å². The topological polar surface area (TPSA) is 66.5 Å². The van der Waals surface area contributed by atoms with Crippen LogP contribution in [0.3, 0.4) is 0 Å². The van der Waals surface area contributed by atoms with Gasteiger partial charge >= 0.3 is 0 Å². The zero-order valence-corrected chi connectivity index (χ0v) is 8.78. The lowest BCUT2D eigenvalue weighted by Gasteiger charge is -2.30. The molecule has 1 aromatic rings. The molecule has 14 heavy (non-hydrogen) atoms. The van der Waals surface area contributed by atoms with Crippen molar-refractivity contribution in [3.05, 3.63) is 23.8 Å². The Kier molecular flexibility index (Phi) is 2.71. The van der Waals surface area contributed by atoms with Crippen molar-refractivity contribution in [1.82, 2.24) is 0 Å². The van der Waals surface area contributed by atoms with Crippen molar-refractivity contribution < 1.29 is 10.2 Å². The van der Waals surface area contributed by atoms with Gasteiger partial charge in [-0.05, 0) is 31.0 Å². The molecule has 0 bridgehead atoms. The van der Waals surface area contributed by atoms with E-state index in [2.05, 4.69) is 0 Å². The van der Waals surface area contributed by atoms with Gasteiger partial charge in [0.1, 0.15) is 11.5 Å². The third-order valence-electron chi connectivity index (χ3n) is 2.76. The van der Waals surface area contributed by atoms with Gasteiger partial charge in [0.2, 0.25) is 0 Å². The summed E-state index contributed by atoms with van der Waals surface area (Å²) in [5.74, 6) is 0.423. The predicted octanol–water partition coefficient (Wildman–Crippen LogP) is 1.93. The van der Waals surface area contributed by atoms with Crippen LogP contribution in [0, 0.1) is 5.92 Å². The van der Waals surface area contributed by atoms with E-state index in [4.69, 9.17) is 5.73 Å². The molecule has 1 rings (SSSR count). The summed E-state index contributed by atoms with van der Waals surface area (Å²) in [6, 6.07) is 4.41. The third-order valence-corrected chi connectivity index (χ3v) is 2.76. The molecule has 0 aliphatic carbocycles. The zero-order chi connectivity index (χ0) is 10.9. The van der Waals surface area contributed by atoms with Crippen molar-refractivity contribution >= 4 is 0 Å². The molecule has 0 saturated carbocycles. The molecule has 0 fully saturated rings. The van der Waals surface area contributed by atoms with E-state index >= 15 is 0 Å². The number of benzene rings is 1. The van der Waals surface area contributed by atoms with Gasteiger partial charge < -0.3 is 15.9 Å². The quantitative estimate of drug-likeness (QED) is 0.632. The van der Waals surface area contributed by atoms with E-state index in [-0.39, 0.29) is 17.4 Å². The van der Waals surface area contributed by atoms with Gasteiger partial charge in [0.25, 0.3) is 0 Å². The number of phenolic OH excluding ortho intramolecular Hbond substituents is 2. The first kappa shape index (κ1) is 10.9. The van der Waals surface area contributed by atoms with E-state index in [1.54, 1.807) is 0 Å². The second-order valence-electron chi connectivity index (χ2n) is 4.14. The summed E-state index contributed by atoms with van der Waals surface area (Å²) in [6.45, 7) is 5.79. The normalized spacial score (nSPS) is 15.5. The summed E-state index contributed by atoms with van der Waals surface area (Å²) in [6.07, 6.45) is 0. The molecule has 78 valence electrons. The Hall–Kier alpha value is -1.22. The minimum absolute atomic E-state index is 0.120. The van der Waals surface area contributed by atoms with E-state index in [0.29, 0.717) is 5.56 Å². The molecule has 0 aliphatic heterocycles. The smallest absolute Gasteiger partial charge is 0.120 e. The summed E-state index contributed by atoms with van der Waals surface area (Å²) >= 11 is 0. The molecule has 0 spiro atoms. The van der Waals surface area contributed by atoms with Gasteiger partial charge in [-0.15, -0.1) is 0 Å². The van der Waals surface area contributed by atoms with Gasteiger partial charge in [-0.1, -0.05) is 13.8 Å². The minimum atomic E-state index is -0.636. The van der Waals surface area contributed by atoms with Crippen LogP contribution in [0.1, 0.15) is 26.3 Å². The van der Waals surface area contributed by atoms with Crippen LogP contribution in [-0.4, -0.2) is 10.2 Å². The maximum absolute atomic E-state index is 9.63. The molecule has 0 saturated heterocycles. The molecular formula is C11H17NO2. The Bertz CT molecular complexity index is 332. The third kappa shape index (κ3) is 1.82. The summed E-state index contributed by atoms with van der Waals surface area (Å²) in [5, 5.41) is 18.9. The molecule has 0 aliphatic rings. The number of hydrogen-bond acceptors (Lipinski definition) is 3. The van der Waals surface area contributed by atoms with Crippen LogP contribution in [0.5, 0.6) is 11.5 Å². The van der Waals surface area contributed by atoms with Crippen molar-refractivity contribution in [2.45, 2.75) is 26.3 Å². The van der Waals surface area contributed by atoms with Crippen molar-refractivity contribution in [2.24, 2.45) is 11.7 Å². The fourth-order valence-corrected chi connectivity index (χ4v) is 1.27. The van der Waals surface area contributed by atoms with Crippen molar-refractivity contribution in [3.63, 3.8) is 0 Å². The number of hydrogen-bond donors (Lipinski definition) is 3. The molecule has 0 heterocycles. The standard InChI is InChI=1S/C11H17NO2/c1-7(2)11(3,12)9-6-8(13)4-5-10(9)14/h4-7,13-14H,12H2,1-3H3. The molecule has 1 unspecified atom stereocenters. The average Bonchev–Trinajstić information content (AvgIpc) is 2.08. The highest BCUT2D eigenvalue weighted by atomic mass is 16.3. The van der Waals surface area contributed by atoms with Gasteiger partial charge in [0.05, 0.1) is 0 Å². The average molecular weight is 195 g/mol. The maximum atomic E-state index is 9.63. The van der Waals surface area contributed by atoms with Crippen LogP contribution in [-0.2, 0) is 5.54 Å². The van der Waals surface area contributed by atoms with Crippen LogP contribution >= 0.6 is 0 Å². The first-order chi connectivity index (χ1) is 6.35. The summed E-state index contributed by atoms with van der Waals surface area (Å²) in [5.41, 5.74) is 6.02. The van der Waals surface area contributed by atoms with E-state index in [1.165, 1.54) is 18.2 Å². The Morgan fingerprint density at radius 2 is 1.86 bits per heavy atom. The van der Waals surface area contributed by atoms with Crippen molar-refractivity contribution in [1.29, 1.82) is 0 Å². The molecule has 0 amide bonds. The Morgan fingerprint density at radius 3 is 2.36 bits per heavy atom. The van der Waals surface area contributed by atoms with E-state index in [0.717, 1.165) is 0 Å². The predicted molar refractivity (Wildman–Crippen MR) is 56.1 cm³/mol. The monoisotopic (exact) mass is 195 g/mol. The van der Waals surface area contributed by atoms with Crippen LogP contribution in [0.2, 0.25) is 0 Å². The summed E-state index contributed by atoms with van der Waals surface area (Å²) in [7, 11) is 0. The highest BCUT2D eigenvalue weighted by molar-refractivity contribution is 5.42. The summed E-state index contributed by atoms with van der Waals surface area (Å²) in [4.78, 5) is 0. The number of phenols is 2. The molecule has 0 radical (unpaired) electrons. The Labute approximate surface area is 84.2 Å². The first-order valence-electron chi connectivity index (χ1n) is 4.67. The van der Waals surface area contributed by atoms with Gasteiger partial charge in [0.15, 0.2) is 0 Å². The fraction of sp³-hybridized carbons (Fsp3) is 0.455. The fourth-order valence-electron chi connectivity index (χ4n) is 1.27. The van der Waals surface area contributed by atoms with E-state index in [1.807, 2.05) is 20.8 Å². The molecule has 4 N–H and O–H groups in total.